The number of benzene rings is 2. The Balaban J connectivity index is 1.72. The summed E-state index contributed by atoms with van der Waals surface area (Å²) in [5.41, 5.74) is 2.20. The van der Waals surface area contributed by atoms with Gasteiger partial charge in [-0.15, -0.1) is 0 Å². The number of nitrogens with one attached hydrogen (secondary N) is 1. The molecule has 0 aliphatic rings. The zero-order valence-electron chi connectivity index (χ0n) is 12.8. The number of nitrogens with zero attached hydrogens (tertiary/aromatic N) is 1. The minimum atomic E-state index is -1.72. The minimum absolute atomic E-state index is 0.187. The Labute approximate surface area is 163 Å². The van der Waals surface area contributed by atoms with Crippen molar-refractivity contribution >= 4 is 63.6 Å². The third-order valence-corrected chi connectivity index (χ3v) is 5.42. The van der Waals surface area contributed by atoms with E-state index in [1.165, 1.54) is 0 Å². The molecule has 1 atom stereocenters. The van der Waals surface area contributed by atoms with Crippen LogP contribution in [0.2, 0.25) is 0 Å². The van der Waals surface area contributed by atoms with Crippen LogP contribution in [0.25, 0.3) is 11.1 Å². The van der Waals surface area contributed by atoms with E-state index in [2.05, 4.69) is 10.3 Å². The number of oxazole rings is 1. The van der Waals surface area contributed by atoms with Crippen molar-refractivity contribution in [1.29, 1.82) is 0 Å². The Bertz CT molecular complexity index is 832. The van der Waals surface area contributed by atoms with Crippen molar-refractivity contribution < 1.29 is 9.21 Å². The summed E-state index contributed by atoms with van der Waals surface area (Å²) in [6.45, 7) is 0. The van der Waals surface area contributed by atoms with Crippen molar-refractivity contribution in [1.82, 2.24) is 10.3 Å². The summed E-state index contributed by atoms with van der Waals surface area (Å²) in [6.07, 6.45) is 0.187. The predicted molar refractivity (Wildman–Crippen MR) is 102 cm³/mol. The lowest BCUT2D eigenvalue weighted by Crippen LogP contribution is -2.42. The number of fused-ring (bicyclic) bond motifs is 1. The molecule has 0 aliphatic carbocycles. The number of hydrogen-bond donors (Lipinski definition) is 1. The maximum atomic E-state index is 12.3. The molecule has 0 unspecified atom stereocenters. The quantitative estimate of drug-likeness (QED) is 0.363. The number of para-hydroxylation sites is 2. The number of aromatic nitrogens is 1. The molecule has 3 rings (SSSR count). The van der Waals surface area contributed by atoms with Gasteiger partial charge >= 0.3 is 0 Å². The van der Waals surface area contributed by atoms with Gasteiger partial charge in [0.15, 0.2) is 5.58 Å². The van der Waals surface area contributed by atoms with Crippen molar-refractivity contribution in [3.63, 3.8) is 0 Å². The lowest BCUT2D eigenvalue weighted by molar-refractivity contribution is -0.120. The maximum absolute atomic E-state index is 12.3. The van der Waals surface area contributed by atoms with E-state index in [9.17, 15) is 4.79 Å². The summed E-state index contributed by atoms with van der Waals surface area (Å²) in [4.78, 5) is 16.6. The molecular formula is C17H13Cl3N2O2S. The lowest BCUT2D eigenvalue weighted by Gasteiger charge is -2.23. The Kier molecular flexibility index (Phi) is 5.79. The molecule has 1 heterocycles. The van der Waals surface area contributed by atoms with E-state index in [-0.39, 0.29) is 12.3 Å². The summed E-state index contributed by atoms with van der Waals surface area (Å²) >= 11 is 19.1. The van der Waals surface area contributed by atoms with Crippen LogP contribution in [0.5, 0.6) is 0 Å². The van der Waals surface area contributed by atoms with E-state index in [4.69, 9.17) is 39.2 Å². The lowest BCUT2D eigenvalue weighted by atomic mass is 10.1. The monoisotopic (exact) mass is 414 g/mol. The van der Waals surface area contributed by atoms with Crippen LogP contribution in [0, 0.1) is 0 Å². The van der Waals surface area contributed by atoms with Gasteiger partial charge < -0.3 is 9.73 Å². The smallest absolute Gasteiger partial charge is 0.258 e. The van der Waals surface area contributed by atoms with Crippen LogP contribution >= 0.6 is 46.6 Å². The van der Waals surface area contributed by atoms with Gasteiger partial charge in [-0.2, -0.15) is 0 Å². The molecule has 0 bridgehead atoms. The number of amides is 1. The predicted octanol–water partition coefficient (Wildman–Crippen LogP) is 4.98. The summed E-state index contributed by atoms with van der Waals surface area (Å²) in [6, 6.07) is 16.6. The van der Waals surface area contributed by atoms with Gasteiger partial charge in [-0.05, 0) is 29.5 Å². The molecule has 0 saturated heterocycles. The number of alkyl halides is 3. The zero-order valence-corrected chi connectivity index (χ0v) is 15.9. The maximum Gasteiger partial charge on any atom is 0.258 e. The van der Waals surface area contributed by atoms with Gasteiger partial charge in [-0.3, -0.25) is 4.79 Å². The number of hydrogen-bond acceptors (Lipinski definition) is 4. The third kappa shape index (κ3) is 5.05. The van der Waals surface area contributed by atoms with Gasteiger partial charge in [0.05, 0.1) is 6.42 Å². The molecule has 8 heteroatoms. The second kappa shape index (κ2) is 7.87. The molecule has 4 nitrogen and oxygen atoms in total. The van der Waals surface area contributed by atoms with Gasteiger partial charge in [0.25, 0.3) is 5.22 Å². The number of carbonyl (C=O) groups is 1. The van der Waals surface area contributed by atoms with Crippen LogP contribution < -0.4 is 5.32 Å². The Morgan fingerprint density at radius 2 is 1.80 bits per heavy atom. The van der Waals surface area contributed by atoms with Gasteiger partial charge in [-0.25, -0.2) is 4.98 Å². The largest absolute Gasteiger partial charge is 0.431 e. The van der Waals surface area contributed by atoms with E-state index in [1.54, 1.807) is 6.07 Å². The van der Waals surface area contributed by atoms with E-state index in [0.717, 1.165) is 17.3 Å². The van der Waals surface area contributed by atoms with E-state index in [1.807, 2.05) is 48.5 Å². The first-order valence-corrected chi connectivity index (χ1v) is 9.35. The van der Waals surface area contributed by atoms with Crippen molar-refractivity contribution in [3.8, 4) is 0 Å². The second-order valence-corrected chi connectivity index (χ2v) is 8.64. The van der Waals surface area contributed by atoms with Crippen LogP contribution in [-0.4, -0.2) is 20.1 Å². The first-order chi connectivity index (χ1) is 11.9. The molecular weight excluding hydrogens is 403 g/mol. The molecule has 0 spiro atoms. The number of carbonyl (C=O) groups excluding carboxylic acids is 1. The van der Waals surface area contributed by atoms with Gasteiger partial charge in [0.2, 0.25) is 9.70 Å². The van der Waals surface area contributed by atoms with Crippen molar-refractivity contribution in [2.45, 2.75) is 20.8 Å². The first-order valence-electron chi connectivity index (χ1n) is 7.34. The molecule has 2 aromatic carbocycles. The fourth-order valence-electron chi connectivity index (χ4n) is 2.16. The third-order valence-electron chi connectivity index (χ3n) is 3.29. The number of rotatable bonds is 5. The van der Waals surface area contributed by atoms with Crippen LogP contribution in [0.1, 0.15) is 5.56 Å². The number of halogens is 3. The molecule has 130 valence electrons. The van der Waals surface area contributed by atoms with Crippen molar-refractivity contribution in [2.24, 2.45) is 0 Å². The minimum Gasteiger partial charge on any atom is -0.431 e. The summed E-state index contributed by atoms with van der Waals surface area (Å²) in [5.74, 6) is -0.258. The topological polar surface area (TPSA) is 55.1 Å². The summed E-state index contributed by atoms with van der Waals surface area (Å²) < 4.78 is 3.89. The molecule has 0 saturated carbocycles. The van der Waals surface area contributed by atoms with Crippen LogP contribution in [0.4, 0.5) is 0 Å². The standard InChI is InChI=1S/C17H13Cl3N2O2S/c18-17(19,20)15(22-14(23)10-11-6-2-1-3-7-11)25-16-21-12-8-4-5-9-13(12)24-16/h1-9,15H,10H2,(H,22,23)/t15-/m0/s1. The van der Waals surface area contributed by atoms with Gasteiger partial charge in [-0.1, -0.05) is 77.3 Å². The summed E-state index contributed by atoms with van der Waals surface area (Å²) in [7, 11) is 0. The average Bonchev–Trinajstić information content (AvgIpc) is 2.96. The van der Waals surface area contributed by atoms with E-state index in [0.29, 0.717) is 16.3 Å². The van der Waals surface area contributed by atoms with Crippen molar-refractivity contribution in [2.75, 3.05) is 0 Å². The molecule has 1 N–H and O–H groups in total. The van der Waals surface area contributed by atoms with Crippen LogP contribution in [0.15, 0.2) is 64.2 Å². The normalized spacial score (nSPS) is 12.9. The van der Waals surface area contributed by atoms with Crippen molar-refractivity contribution in [3.05, 3.63) is 60.2 Å². The van der Waals surface area contributed by atoms with E-state index >= 15 is 0 Å². The highest BCUT2D eigenvalue weighted by atomic mass is 35.6. The average molecular weight is 416 g/mol. The zero-order chi connectivity index (χ0) is 17.9. The highest BCUT2D eigenvalue weighted by Crippen LogP contribution is 2.39. The Morgan fingerprint density at radius 1 is 1.12 bits per heavy atom. The molecule has 0 fully saturated rings. The fraction of sp³-hybridized carbons (Fsp3) is 0.176. The highest BCUT2D eigenvalue weighted by molar-refractivity contribution is 8.00. The van der Waals surface area contributed by atoms with Gasteiger partial charge in [0.1, 0.15) is 10.9 Å². The molecule has 3 aromatic rings. The number of thioether (sulfide) groups is 1. The Morgan fingerprint density at radius 3 is 2.48 bits per heavy atom. The summed E-state index contributed by atoms with van der Waals surface area (Å²) in [5, 5.41) is 2.20. The van der Waals surface area contributed by atoms with E-state index < -0.39 is 9.17 Å². The fourth-order valence-corrected chi connectivity index (χ4v) is 3.54. The van der Waals surface area contributed by atoms with Crippen LogP contribution in [0.3, 0.4) is 0 Å². The van der Waals surface area contributed by atoms with Gasteiger partial charge in [0, 0.05) is 0 Å². The molecule has 25 heavy (non-hydrogen) atoms. The SMILES string of the molecule is O=C(Cc1ccccc1)N[C@@H](Sc1nc2ccccc2o1)C(Cl)(Cl)Cl. The first kappa shape index (κ1) is 18.4. The molecule has 1 amide bonds. The second-order valence-electron chi connectivity index (χ2n) is 5.22. The van der Waals surface area contributed by atoms with Crippen LogP contribution in [-0.2, 0) is 11.2 Å². The molecule has 0 aliphatic heterocycles. The molecule has 0 radical (unpaired) electrons. The molecule has 1 aromatic heterocycles. The Hall–Kier alpha value is -1.40. The highest BCUT2D eigenvalue weighted by Gasteiger charge is 2.36.